The molecule has 2 aromatic rings. The molecule has 1 amide bonds. The van der Waals surface area contributed by atoms with Crippen molar-refractivity contribution >= 4 is 40.5 Å². The van der Waals surface area contributed by atoms with Crippen LogP contribution >= 0.6 is 23.2 Å². The number of nitro groups is 1. The number of nitro benzene ring substituents is 1. The van der Waals surface area contributed by atoms with Gasteiger partial charge >= 0.3 is 0 Å². The van der Waals surface area contributed by atoms with E-state index >= 15 is 0 Å². The van der Waals surface area contributed by atoms with Gasteiger partial charge in [0.1, 0.15) is 5.75 Å². The van der Waals surface area contributed by atoms with E-state index in [2.05, 4.69) is 5.32 Å². The maximum absolute atomic E-state index is 12.1. The second-order valence-corrected chi connectivity index (χ2v) is 5.44. The van der Waals surface area contributed by atoms with Gasteiger partial charge in [0.15, 0.2) is 6.10 Å². The number of nitrogens with zero attached hydrogens (tertiary/aromatic N) is 1. The Kier molecular flexibility index (Phi) is 5.41. The molecule has 120 valence electrons. The fraction of sp³-hybridized carbons (Fsp3) is 0.133. The van der Waals surface area contributed by atoms with Crippen molar-refractivity contribution in [2.45, 2.75) is 13.0 Å². The van der Waals surface area contributed by atoms with Crippen LogP contribution < -0.4 is 10.1 Å². The van der Waals surface area contributed by atoms with E-state index in [0.717, 1.165) is 0 Å². The second kappa shape index (κ2) is 7.30. The van der Waals surface area contributed by atoms with Gasteiger partial charge in [-0.15, -0.1) is 0 Å². The quantitative estimate of drug-likeness (QED) is 0.640. The Hall–Kier alpha value is -2.31. The molecule has 1 unspecified atom stereocenters. The lowest BCUT2D eigenvalue weighted by Crippen LogP contribution is -2.30. The smallest absolute Gasteiger partial charge is 0.269 e. The monoisotopic (exact) mass is 354 g/mol. The van der Waals surface area contributed by atoms with E-state index in [9.17, 15) is 14.9 Å². The molecule has 2 aromatic carbocycles. The first-order valence-corrected chi connectivity index (χ1v) is 7.29. The van der Waals surface area contributed by atoms with Gasteiger partial charge in [0.2, 0.25) is 0 Å². The lowest BCUT2D eigenvalue weighted by Gasteiger charge is -2.15. The number of carbonyl (C=O) groups excluding carboxylic acids is 1. The zero-order valence-corrected chi connectivity index (χ0v) is 13.5. The van der Waals surface area contributed by atoms with Gasteiger partial charge < -0.3 is 10.1 Å². The molecule has 0 saturated carbocycles. The number of hydrogen-bond acceptors (Lipinski definition) is 4. The third-order valence-corrected chi connectivity index (χ3v) is 3.66. The Balaban J connectivity index is 1.99. The Labute approximate surface area is 142 Å². The Morgan fingerprint density at radius 1 is 1.17 bits per heavy atom. The number of benzene rings is 2. The van der Waals surface area contributed by atoms with Crippen molar-refractivity contribution in [3.8, 4) is 5.75 Å². The third-order valence-electron chi connectivity index (χ3n) is 2.92. The van der Waals surface area contributed by atoms with Crippen LogP contribution in [0.15, 0.2) is 42.5 Å². The van der Waals surface area contributed by atoms with E-state index in [1.165, 1.54) is 30.3 Å². The van der Waals surface area contributed by atoms with Crippen molar-refractivity contribution in [1.29, 1.82) is 0 Å². The number of non-ortho nitro benzene ring substituents is 1. The molecule has 6 nitrogen and oxygen atoms in total. The Morgan fingerprint density at radius 2 is 1.83 bits per heavy atom. The largest absolute Gasteiger partial charge is 0.481 e. The normalized spacial score (nSPS) is 11.6. The molecule has 8 heteroatoms. The van der Waals surface area contributed by atoms with Crippen molar-refractivity contribution < 1.29 is 14.5 Å². The predicted octanol–water partition coefficient (Wildman–Crippen LogP) is 4.31. The summed E-state index contributed by atoms with van der Waals surface area (Å²) in [4.78, 5) is 22.1. The average Bonchev–Trinajstić information content (AvgIpc) is 2.51. The van der Waals surface area contributed by atoms with Crippen LogP contribution in [0.4, 0.5) is 11.4 Å². The summed E-state index contributed by atoms with van der Waals surface area (Å²) in [6.07, 6.45) is -0.789. The van der Waals surface area contributed by atoms with Gasteiger partial charge in [-0.2, -0.15) is 0 Å². The second-order valence-electron chi connectivity index (χ2n) is 4.63. The first-order chi connectivity index (χ1) is 10.9. The van der Waals surface area contributed by atoms with Crippen LogP contribution in [0.2, 0.25) is 10.0 Å². The Morgan fingerprint density at radius 3 is 2.39 bits per heavy atom. The first kappa shape index (κ1) is 17.1. The molecule has 0 heterocycles. The van der Waals surface area contributed by atoms with E-state index < -0.39 is 16.9 Å². The Bertz CT molecular complexity index is 735. The number of halogens is 2. The lowest BCUT2D eigenvalue weighted by molar-refractivity contribution is -0.384. The van der Waals surface area contributed by atoms with E-state index in [4.69, 9.17) is 27.9 Å². The van der Waals surface area contributed by atoms with Crippen LogP contribution in [0.25, 0.3) is 0 Å². The van der Waals surface area contributed by atoms with Crippen molar-refractivity contribution in [2.75, 3.05) is 5.32 Å². The van der Waals surface area contributed by atoms with Crippen LogP contribution in [0, 0.1) is 10.1 Å². The van der Waals surface area contributed by atoms with Crippen LogP contribution in [-0.4, -0.2) is 16.9 Å². The summed E-state index contributed by atoms with van der Waals surface area (Å²) in [5.41, 5.74) is 0.383. The summed E-state index contributed by atoms with van der Waals surface area (Å²) in [5.74, 6) is 0.00988. The maximum Gasteiger partial charge on any atom is 0.269 e. The molecule has 23 heavy (non-hydrogen) atoms. The van der Waals surface area contributed by atoms with Crippen molar-refractivity contribution in [2.24, 2.45) is 0 Å². The van der Waals surface area contributed by atoms with Crippen LogP contribution in [0.3, 0.4) is 0 Å². The number of ether oxygens (including phenoxy) is 1. The molecular formula is C15H12Cl2N2O4. The van der Waals surface area contributed by atoms with Gasteiger partial charge in [0, 0.05) is 23.9 Å². The molecular weight excluding hydrogens is 343 g/mol. The fourth-order valence-corrected chi connectivity index (χ4v) is 2.01. The van der Waals surface area contributed by atoms with Gasteiger partial charge in [-0.25, -0.2) is 0 Å². The van der Waals surface area contributed by atoms with E-state index in [1.807, 2.05) is 0 Å². The van der Waals surface area contributed by atoms with Gasteiger partial charge in [0.05, 0.1) is 15.0 Å². The topological polar surface area (TPSA) is 81.5 Å². The van der Waals surface area contributed by atoms with Crippen molar-refractivity contribution in [3.63, 3.8) is 0 Å². The minimum atomic E-state index is -0.789. The molecule has 0 fully saturated rings. The molecule has 0 aliphatic carbocycles. The highest BCUT2D eigenvalue weighted by molar-refractivity contribution is 6.42. The first-order valence-electron chi connectivity index (χ1n) is 6.54. The summed E-state index contributed by atoms with van der Waals surface area (Å²) in [5, 5.41) is 13.9. The minimum Gasteiger partial charge on any atom is -0.481 e. The van der Waals surface area contributed by atoms with Crippen LogP contribution in [-0.2, 0) is 4.79 Å². The van der Waals surface area contributed by atoms with Crippen LogP contribution in [0.5, 0.6) is 5.75 Å². The number of nitrogens with one attached hydrogen (secondary N) is 1. The molecule has 2 rings (SSSR count). The number of carbonyl (C=O) groups is 1. The molecule has 0 aliphatic rings. The average molecular weight is 355 g/mol. The highest BCUT2D eigenvalue weighted by atomic mass is 35.5. The van der Waals surface area contributed by atoms with Crippen molar-refractivity contribution in [1.82, 2.24) is 0 Å². The summed E-state index contributed by atoms with van der Waals surface area (Å²) in [6, 6.07) is 10.2. The predicted molar refractivity (Wildman–Crippen MR) is 88.3 cm³/mol. The molecule has 0 aromatic heterocycles. The standard InChI is InChI=1S/C15H12Cl2N2O4/c1-9(23-12-6-7-13(16)14(17)8-12)15(20)18-10-2-4-11(5-3-10)19(21)22/h2-9H,1H3,(H,18,20). The molecule has 0 bridgehead atoms. The SMILES string of the molecule is CC(Oc1ccc(Cl)c(Cl)c1)C(=O)Nc1ccc([N+](=O)[O-])cc1. The van der Waals surface area contributed by atoms with E-state index in [-0.39, 0.29) is 5.69 Å². The molecule has 0 spiro atoms. The molecule has 0 saturated heterocycles. The molecule has 0 radical (unpaired) electrons. The summed E-state index contributed by atoms with van der Waals surface area (Å²) in [7, 11) is 0. The lowest BCUT2D eigenvalue weighted by atomic mass is 10.2. The van der Waals surface area contributed by atoms with Crippen LogP contribution in [0.1, 0.15) is 6.92 Å². The molecule has 0 aliphatic heterocycles. The summed E-state index contributed by atoms with van der Waals surface area (Å²) >= 11 is 11.7. The number of amides is 1. The van der Waals surface area contributed by atoms with E-state index in [1.54, 1.807) is 19.1 Å². The van der Waals surface area contributed by atoms with E-state index in [0.29, 0.717) is 21.5 Å². The van der Waals surface area contributed by atoms with Crippen molar-refractivity contribution in [3.05, 3.63) is 62.6 Å². The number of rotatable bonds is 5. The third kappa shape index (κ3) is 4.58. The summed E-state index contributed by atoms with van der Waals surface area (Å²) < 4.78 is 5.48. The highest BCUT2D eigenvalue weighted by Gasteiger charge is 2.16. The maximum atomic E-state index is 12.1. The van der Waals surface area contributed by atoms with Gasteiger partial charge in [-0.1, -0.05) is 23.2 Å². The minimum absolute atomic E-state index is 0.0527. The molecule has 1 N–H and O–H groups in total. The van der Waals surface area contributed by atoms with Gasteiger partial charge in [-0.05, 0) is 31.2 Å². The highest BCUT2D eigenvalue weighted by Crippen LogP contribution is 2.27. The zero-order chi connectivity index (χ0) is 17.0. The summed E-state index contributed by atoms with van der Waals surface area (Å²) in [6.45, 7) is 1.57. The molecule has 1 atom stereocenters. The number of anilines is 1. The zero-order valence-electron chi connectivity index (χ0n) is 12.0. The van der Waals surface area contributed by atoms with Gasteiger partial charge in [-0.3, -0.25) is 14.9 Å². The van der Waals surface area contributed by atoms with Gasteiger partial charge in [0.25, 0.3) is 11.6 Å². The fourth-order valence-electron chi connectivity index (χ4n) is 1.72. The number of hydrogen-bond donors (Lipinski definition) is 1.